The topological polar surface area (TPSA) is 38.1 Å². The second-order valence-corrected chi connectivity index (χ2v) is 6.86. The van der Waals surface area contributed by atoms with Crippen molar-refractivity contribution in [3.63, 3.8) is 0 Å². The fraction of sp³-hybridized carbons (Fsp3) is 0.429. The molecule has 0 saturated heterocycles. The molecule has 1 atom stereocenters. The molecular formula is C14H16Cl2FN3OS. The number of hydrogen-bond donors (Lipinski definition) is 0. The third-order valence-corrected chi connectivity index (χ3v) is 4.81. The molecule has 22 heavy (non-hydrogen) atoms. The highest BCUT2D eigenvalue weighted by molar-refractivity contribution is 8.03. The highest BCUT2D eigenvalue weighted by Gasteiger charge is 2.28. The first kappa shape index (κ1) is 17.4. The monoisotopic (exact) mass is 363 g/mol. The van der Waals surface area contributed by atoms with Gasteiger partial charge in [0.15, 0.2) is 0 Å². The molecule has 0 aromatic carbocycles. The summed E-state index contributed by atoms with van der Waals surface area (Å²) in [4.78, 5) is 14.5. The smallest absolute Gasteiger partial charge is 0.323 e. The van der Waals surface area contributed by atoms with Crippen LogP contribution >= 0.6 is 35.0 Å². The van der Waals surface area contributed by atoms with Gasteiger partial charge in [-0.05, 0) is 24.8 Å². The van der Waals surface area contributed by atoms with Gasteiger partial charge in [-0.2, -0.15) is 9.78 Å². The standard InChI is InChI=1S/C14H16Cl2FN3OS/c1-3-19(4-2)13(21)20-9-11(15)12(18-20)22-10-6-5-7-14(16,17)8-10/h5-7,9H,3-4,8H2,1-2H3. The van der Waals surface area contributed by atoms with Gasteiger partial charge in [0.05, 0.1) is 11.2 Å². The number of aromatic nitrogens is 2. The Hall–Kier alpha value is -0.980. The molecule has 4 nitrogen and oxygen atoms in total. The molecule has 1 aliphatic carbocycles. The van der Waals surface area contributed by atoms with E-state index < -0.39 is 5.13 Å². The van der Waals surface area contributed by atoms with Crippen LogP contribution in [0, 0.1) is 0 Å². The number of rotatable bonds is 4. The number of nitrogens with zero attached hydrogens (tertiary/aromatic N) is 3. The molecule has 1 amide bonds. The Bertz CT molecular complexity index is 624. The summed E-state index contributed by atoms with van der Waals surface area (Å²) in [6.07, 6.45) is 6.12. The first-order valence-electron chi connectivity index (χ1n) is 6.84. The number of alkyl halides is 2. The molecule has 1 aliphatic rings. The number of carbonyl (C=O) groups is 1. The molecule has 0 fully saturated rings. The van der Waals surface area contributed by atoms with Gasteiger partial charge in [0.1, 0.15) is 5.03 Å². The van der Waals surface area contributed by atoms with Gasteiger partial charge in [0.2, 0.25) is 5.13 Å². The molecule has 120 valence electrons. The van der Waals surface area contributed by atoms with Crippen molar-refractivity contribution in [3.05, 3.63) is 34.4 Å². The quantitative estimate of drug-likeness (QED) is 0.728. The molecule has 2 rings (SSSR count). The van der Waals surface area contributed by atoms with Crippen LogP contribution in [0.4, 0.5) is 9.18 Å². The van der Waals surface area contributed by atoms with Crippen molar-refractivity contribution < 1.29 is 9.18 Å². The zero-order valence-electron chi connectivity index (χ0n) is 12.2. The zero-order valence-corrected chi connectivity index (χ0v) is 14.6. The maximum atomic E-state index is 13.8. The van der Waals surface area contributed by atoms with Crippen molar-refractivity contribution in [3.8, 4) is 0 Å². The van der Waals surface area contributed by atoms with E-state index in [-0.39, 0.29) is 12.5 Å². The third kappa shape index (κ3) is 4.06. The van der Waals surface area contributed by atoms with Crippen molar-refractivity contribution in [1.29, 1.82) is 0 Å². The van der Waals surface area contributed by atoms with Crippen LogP contribution in [0.3, 0.4) is 0 Å². The number of allylic oxidation sites excluding steroid dienone is 4. The minimum atomic E-state index is -1.89. The molecule has 8 heteroatoms. The van der Waals surface area contributed by atoms with E-state index in [1.807, 2.05) is 13.8 Å². The summed E-state index contributed by atoms with van der Waals surface area (Å²) in [6.45, 7) is 4.95. The van der Waals surface area contributed by atoms with Crippen LogP contribution in [-0.2, 0) is 0 Å². The summed E-state index contributed by atoms with van der Waals surface area (Å²) in [5.41, 5.74) is 0. The summed E-state index contributed by atoms with van der Waals surface area (Å²) in [5.74, 6) is 0. The van der Waals surface area contributed by atoms with Gasteiger partial charge in [-0.25, -0.2) is 9.18 Å². The van der Waals surface area contributed by atoms with Crippen LogP contribution in [0.1, 0.15) is 20.3 Å². The Morgan fingerprint density at radius 2 is 2.23 bits per heavy atom. The van der Waals surface area contributed by atoms with Crippen LogP contribution in [-0.4, -0.2) is 38.9 Å². The Morgan fingerprint density at radius 1 is 1.55 bits per heavy atom. The van der Waals surface area contributed by atoms with Gasteiger partial charge < -0.3 is 4.90 Å². The minimum absolute atomic E-state index is 0.0445. The predicted molar refractivity (Wildman–Crippen MR) is 88.3 cm³/mol. The van der Waals surface area contributed by atoms with Crippen molar-refractivity contribution in [2.45, 2.75) is 30.4 Å². The summed E-state index contributed by atoms with van der Waals surface area (Å²) in [6, 6.07) is -0.242. The van der Waals surface area contributed by atoms with E-state index in [0.717, 1.165) is 0 Å². The van der Waals surface area contributed by atoms with Gasteiger partial charge in [0, 0.05) is 19.5 Å². The van der Waals surface area contributed by atoms with Crippen molar-refractivity contribution in [1.82, 2.24) is 14.7 Å². The number of carbonyl (C=O) groups excluding carboxylic acids is 1. The highest BCUT2D eigenvalue weighted by Crippen LogP contribution is 2.40. The van der Waals surface area contributed by atoms with E-state index in [0.29, 0.717) is 28.0 Å². The van der Waals surface area contributed by atoms with Crippen LogP contribution in [0.15, 0.2) is 34.4 Å². The molecule has 0 saturated carbocycles. The summed E-state index contributed by atoms with van der Waals surface area (Å²) in [7, 11) is 0. The average molecular weight is 364 g/mol. The zero-order chi connectivity index (χ0) is 16.3. The SMILES string of the molecule is CCN(CC)C(=O)n1cc(Cl)c(SC2=CC=CC(F)(Cl)C2)n1. The normalized spacial score (nSPS) is 20.9. The first-order chi connectivity index (χ1) is 10.4. The maximum absolute atomic E-state index is 13.8. The largest absolute Gasteiger partial charge is 0.344 e. The second-order valence-electron chi connectivity index (χ2n) is 4.71. The van der Waals surface area contributed by atoms with Gasteiger partial charge in [0.25, 0.3) is 0 Å². The molecule has 0 N–H and O–H groups in total. The van der Waals surface area contributed by atoms with Crippen LogP contribution in [0.25, 0.3) is 0 Å². The van der Waals surface area contributed by atoms with E-state index in [1.54, 1.807) is 17.1 Å². The molecule has 0 radical (unpaired) electrons. The Morgan fingerprint density at radius 3 is 2.82 bits per heavy atom. The maximum Gasteiger partial charge on any atom is 0.344 e. The van der Waals surface area contributed by atoms with Gasteiger partial charge in [-0.1, -0.05) is 47.1 Å². The fourth-order valence-electron chi connectivity index (χ4n) is 1.98. The van der Waals surface area contributed by atoms with Crippen molar-refractivity contribution in [2.75, 3.05) is 13.1 Å². The molecular weight excluding hydrogens is 348 g/mol. The molecule has 1 aromatic heterocycles. The molecule has 1 unspecified atom stereocenters. The lowest BCUT2D eigenvalue weighted by molar-refractivity contribution is 0.201. The number of hydrogen-bond acceptors (Lipinski definition) is 3. The van der Waals surface area contributed by atoms with E-state index in [2.05, 4.69) is 5.10 Å². The lowest BCUT2D eigenvalue weighted by Crippen LogP contribution is -2.34. The van der Waals surface area contributed by atoms with Crippen molar-refractivity contribution in [2.24, 2.45) is 0 Å². The Balaban J connectivity index is 2.16. The highest BCUT2D eigenvalue weighted by atomic mass is 35.5. The summed E-state index contributed by atoms with van der Waals surface area (Å²) in [5, 5.41) is 3.11. The Labute approximate surface area is 142 Å². The second kappa shape index (κ2) is 7.06. The molecule has 0 aliphatic heterocycles. The molecule has 1 aromatic rings. The average Bonchev–Trinajstić information content (AvgIpc) is 2.80. The lowest BCUT2D eigenvalue weighted by Gasteiger charge is -2.18. The first-order valence-corrected chi connectivity index (χ1v) is 8.42. The van der Waals surface area contributed by atoms with Crippen LogP contribution in [0.2, 0.25) is 5.02 Å². The van der Waals surface area contributed by atoms with Crippen LogP contribution < -0.4 is 0 Å². The van der Waals surface area contributed by atoms with Gasteiger partial charge in [-0.3, -0.25) is 0 Å². The Kier molecular flexibility index (Phi) is 5.58. The number of halogens is 3. The summed E-state index contributed by atoms with van der Waals surface area (Å²) >= 11 is 13.0. The third-order valence-electron chi connectivity index (χ3n) is 3.13. The molecule has 0 spiro atoms. The van der Waals surface area contributed by atoms with Gasteiger partial charge >= 0.3 is 6.03 Å². The predicted octanol–water partition coefficient (Wildman–Crippen LogP) is 4.69. The van der Waals surface area contributed by atoms with Gasteiger partial charge in [-0.15, -0.1) is 0 Å². The number of amides is 1. The fourth-order valence-corrected chi connectivity index (χ4v) is 3.48. The van der Waals surface area contributed by atoms with Crippen molar-refractivity contribution >= 4 is 41.0 Å². The van der Waals surface area contributed by atoms with E-state index in [1.165, 1.54) is 28.7 Å². The minimum Gasteiger partial charge on any atom is -0.323 e. The lowest BCUT2D eigenvalue weighted by atomic mass is 10.1. The van der Waals surface area contributed by atoms with Crippen LogP contribution in [0.5, 0.6) is 0 Å². The van der Waals surface area contributed by atoms with E-state index in [9.17, 15) is 9.18 Å². The molecule has 1 heterocycles. The van der Waals surface area contributed by atoms with E-state index >= 15 is 0 Å². The molecule has 0 bridgehead atoms. The van der Waals surface area contributed by atoms with E-state index in [4.69, 9.17) is 23.2 Å². The summed E-state index contributed by atoms with van der Waals surface area (Å²) < 4.78 is 15.0. The number of thioether (sulfide) groups is 1.